The Morgan fingerprint density at radius 2 is 1.93 bits per heavy atom. The largest absolute Gasteiger partial charge is 0.478 e. The van der Waals surface area contributed by atoms with Gasteiger partial charge in [-0.1, -0.05) is 6.07 Å². The quantitative estimate of drug-likeness (QED) is 0.629. The van der Waals surface area contributed by atoms with E-state index in [1.54, 1.807) is 12.1 Å². The third-order valence-corrected chi connectivity index (χ3v) is 5.01. The number of carboxylic acids is 2. The van der Waals surface area contributed by atoms with E-state index < -0.39 is 18.0 Å². The molecule has 0 amide bonds. The number of nitrogens with two attached hydrogens (primary N) is 1. The number of aromatic nitrogens is 1. The minimum Gasteiger partial charge on any atom is -0.478 e. The Labute approximate surface area is 156 Å². The summed E-state index contributed by atoms with van der Waals surface area (Å²) in [6.45, 7) is 0.692. The molecule has 8 nitrogen and oxygen atoms in total. The Morgan fingerprint density at radius 3 is 2.48 bits per heavy atom. The van der Waals surface area contributed by atoms with Gasteiger partial charge in [0.15, 0.2) is 0 Å². The van der Waals surface area contributed by atoms with Crippen LogP contribution in [0.4, 0.5) is 0 Å². The van der Waals surface area contributed by atoms with Crippen LogP contribution in [-0.4, -0.2) is 39.8 Å². The van der Waals surface area contributed by atoms with Crippen LogP contribution in [0, 0.1) is 5.92 Å². The van der Waals surface area contributed by atoms with Gasteiger partial charge in [0.2, 0.25) is 5.89 Å². The van der Waals surface area contributed by atoms with Gasteiger partial charge in [0, 0.05) is 5.56 Å². The fraction of sp³-hybridized carbons (Fsp3) is 0.421. The number of carbonyl (C=O) groups is 2. The van der Waals surface area contributed by atoms with Crippen molar-refractivity contribution in [3.63, 3.8) is 0 Å². The first-order valence-electron chi connectivity index (χ1n) is 8.85. The monoisotopic (exact) mass is 374 g/mol. The van der Waals surface area contributed by atoms with E-state index in [-0.39, 0.29) is 5.75 Å². The molecule has 0 unspecified atom stereocenters. The minimum absolute atomic E-state index is 0.136. The molecular weight excluding hydrogens is 352 g/mol. The minimum atomic E-state index is -1.98. The van der Waals surface area contributed by atoms with E-state index in [1.165, 1.54) is 12.5 Å². The first-order valence-corrected chi connectivity index (χ1v) is 8.85. The maximum Gasteiger partial charge on any atom is 0.356 e. The number of carboxylic acid groups (broad SMARTS) is 2. The predicted molar refractivity (Wildman–Crippen MR) is 95.4 cm³/mol. The standard InChI is InChI=1S/C19H22N2O6/c20-10-11-1-3-12(4-2-11)14-6-5-13(27-16(18(22)23)19(24)25)9-15(14)17-21-7-8-26-17/h5-9,11-12,16H,1-4,10,20H2,(H,22,23)(H,24,25). The molecule has 0 aliphatic heterocycles. The first kappa shape index (κ1) is 18.9. The van der Waals surface area contributed by atoms with Crippen LogP contribution >= 0.6 is 0 Å². The second-order valence-corrected chi connectivity index (χ2v) is 6.71. The van der Waals surface area contributed by atoms with Crippen LogP contribution < -0.4 is 10.5 Å². The highest BCUT2D eigenvalue weighted by Gasteiger charge is 2.29. The van der Waals surface area contributed by atoms with E-state index >= 15 is 0 Å². The summed E-state index contributed by atoms with van der Waals surface area (Å²) in [6, 6.07) is 5.02. The number of rotatable bonds is 7. The SMILES string of the molecule is NCC1CCC(c2ccc(OC(C(=O)O)C(=O)O)cc2-c2ncco2)CC1. The first-order chi connectivity index (χ1) is 13.0. The van der Waals surface area contributed by atoms with Crippen molar-refractivity contribution in [3.8, 4) is 17.2 Å². The van der Waals surface area contributed by atoms with Gasteiger partial charge in [0.1, 0.15) is 12.0 Å². The zero-order chi connectivity index (χ0) is 19.4. The van der Waals surface area contributed by atoms with Gasteiger partial charge in [-0.3, -0.25) is 0 Å². The van der Waals surface area contributed by atoms with Gasteiger partial charge in [0.25, 0.3) is 6.10 Å². The number of hydrogen-bond donors (Lipinski definition) is 3. The molecule has 0 atom stereocenters. The van der Waals surface area contributed by atoms with Gasteiger partial charge >= 0.3 is 11.9 Å². The summed E-state index contributed by atoms with van der Waals surface area (Å²) in [4.78, 5) is 26.4. The molecule has 2 aromatic rings. The number of aliphatic carboxylic acids is 2. The Kier molecular flexibility index (Phi) is 5.75. The van der Waals surface area contributed by atoms with Crippen molar-refractivity contribution in [1.82, 2.24) is 4.98 Å². The number of benzene rings is 1. The summed E-state index contributed by atoms with van der Waals surface area (Å²) >= 11 is 0. The van der Waals surface area contributed by atoms with Crippen LogP contribution in [0.2, 0.25) is 0 Å². The second-order valence-electron chi connectivity index (χ2n) is 6.71. The molecule has 0 radical (unpaired) electrons. The molecule has 27 heavy (non-hydrogen) atoms. The van der Waals surface area contributed by atoms with E-state index in [0.717, 1.165) is 31.2 Å². The summed E-state index contributed by atoms with van der Waals surface area (Å²) in [7, 11) is 0. The summed E-state index contributed by atoms with van der Waals surface area (Å²) in [5.74, 6) is -1.76. The summed E-state index contributed by atoms with van der Waals surface area (Å²) in [6.07, 6.45) is 5.07. The highest BCUT2D eigenvalue weighted by atomic mass is 16.5. The Bertz CT molecular complexity index is 783. The van der Waals surface area contributed by atoms with E-state index in [2.05, 4.69) is 4.98 Å². The Morgan fingerprint density at radius 1 is 1.22 bits per heavy atom. The van der Waals surface area contributed by atoms with Gasteiger partial charge in [-0.2, -0.15) is 0 Å². The normalized spacial score (nSPS) is 19.8. The van der Waals surface area contributed by atoms with Crippen molar-refractivity contribution in [2.75, 3.05) is 6.54 Å². The molecule has 0 bridgehead atoms. The number of hydrogen-bond acceptors (Lipinski definition) is 6. The highest BCUT2D eigenvalue weighted by Crippen LogP contribution is 2.40. The van der Waals surface area contributed by atoms with E-state index in [4.69, 9.17) is 25.1 Å². The molecule has 0 saturated heterocycles. The average molecular weight is 374 g/mol. The molecule has 4 N–H and O–H groups in total. The van der Waals surface area contributed by atoms with E-state index in [1.807, 2.05) is 6.07 Å². The molecule has 1 fully saturated rings. The summed E-state index contributed by atoms with van der Waals surface area (Å²) in [5.41, 5.74) is 7.49. The summed E-state index contributed by atoms with van der Waals surface area (Å²) in [5, 5.41) is 18.0. The zero-order valence-corrected chi connectivity index (χ0v) is 14.7. The van der Waals surface area contributed by atoms with Gasteiger partial charge in [-0.05, 0) is 61.8 Å². The number of nitrogens with zero attached hydrogens (tertiary/aromatic N) is 1. The van der Waals surface area contributed by atoms with Crippen LogP contribution in [0.1, 0.15) is 37.2 Å². The molecular formula is C19H22N2O6. The van der Waals surface area contributed by atoms with Crippen molar-refractivity contribution in [2.24, 2.45) is 11.7 Å². The maximum atomic E-state index is 11.1. The van der Waals surface area contributed by atoms with Crippen molar-refractivity contribution in [1.29, 1.82) is 0 Å². The Hall–Kier alpha value is -2.87. The number of ether oxygens (including phenoxy) is 1. The van der Waals surface area contributed by atoms with Crippen LogP contribution in [-0.2, 0) is 9.59 Å². The van der Waals surface area contributed by atoms with Crippen molar-refractivity contribution in [3.05, 3.63) is 36.2 Å². The molecule has 0 spiro atoms. The van der Waals surface area contributed by atoms with Crippen molar-refractivity contribution < 1.29 is 29.0 Å². The predicted octanol–water partition coefficient (Wildman–Crippen LogP) is 2.49. The molecule has 3 rings (SSSR count). The van der Waals surface area contributed by atoms with E-state index in [9.17, 15) is 9.59 Å². The molecule has 1 aliphatic rings. The van der Waals surface area contributed by atoms with Gasteiger partial charge < -0.3 is 25.1 Å². The van der Waals surface area contributed by atoms with Crippen molar-refractivity contribution >= 4 is 11.9 Å². The Balaban J connectivity index is 1.91. The third-order valence-electron chi connectivity index (χ3n) is 5.01. The summed E-state index contributed by atoms with van der Waals surface area (Å²) < 4.78 is 10.6. The molecule has 144 valence electrons. The lowest BCUT2D eigenvalue weighted by Gasteiger charge is -2.29. The fourth-order valence-electron chi connectivity index (χ4n) is 3.56. The molecule has 1 heterocycles. The van der Waals surface area contributed by atoms with Crippen LogP contribution in [0.5, 0.6) is 5.75 Å². The zero-order valence-electron chi connectivity index (χ0n) is 14.7. The van der Waals surface area contributed by atoms with Crippen LogP contribution in [0.3, 0.4) is 0 Å². The second kappa shape index (κ2) is 8.22. The molecule has 1 aromatic heterocycles. The lowest BCUT2D eigenvalue weighted by Crippen LogP contribution is -2.35. The maximum absolute atomic E-state index is 11.1. The smallest absolute Gasteiger partial charge is 0.356 e. The van der Waals surface area contributed by atoms with Gasteiger partial charge in [-0.25, -0.2) is 14.6 Å². The fourth-order valence-corrected chi connectivity index (χ4v) is 3.56. The third kappa shape index (κ3) is 4.28. The van der Waals surface area contributed by atoms with Crippen molar-refractivity contribution in [2.45, 2.75) is 37.7 Å². The van der Waals surface area contributed by atoms with Gasteiger partial charge in [0.05, 0.1) is 6.20 Å². The lowest BCUT2D eigenvalue weighted by molar-refractivity contribution is -0.159. The average Bonchev–Trinajstić information content (AvgIpc) is 3.20. The molecule has 1 saturated carbocycles. The molecule has 1 aliphatic carbocycles. The topological polar surface area (TPSA) is 136 Å². The molecule has 1 aromatic carbocycles. The van der Waals surface area contributed by atoms with Crippen LogP contribution in [0.25, 0.3) is 11.5 Å². The van der Waals surface area contributed by atoms with Gasteiger partial charge in [-0.15, -0.1) is 0 Å². The number of oxazole rings is 1. The lowest BCUT2D eigenvalue weighted by atomic mass is 9.77. The van der Waals surface area contributed by atoms with Crippen LogP contribution in [0.15, 0.2) is 35.1 Å². The van der Waals surface area contributed by atoms with E-state index in [0.29, 0.717) is 29.8 Å². The molecule has 8 heteroatoms. The highest BCUT2D eigenvalue weighted by molar-refractivity contribution is 5.96.